The molecule has 0 aromatic carbocycles. The van der Waals surface area contributed by atoms with E-state index in [0.717, 1.165) is 11.1 Å². The van der Waals surface area contributed by atoms with Gasteiger partial charge in [-0.05, 0) is 11.1 Å². The fourth-order valence-corrected chi connectivity index (χ4v) is 0.522. The van der Waals surface area contributed by atoms with Crippen molar-refractivity contribution in [2.45, 2.75) is 0 Å². The Hall–Kier alpha value is -0.860. The Kier molecular flexibility index (Phi) is 4.54. The van der Waals surface area contributed by atoms with Crippen molar-refractivity contribution in [1.82, 2.24) is 0 Å². The molecule has 4 N–H and O–H groups in total. The van der Waals surface area contributed by atoms with E-state index in [-0.39, 0.29) is 0 Å². The van der Waals surface area contributed by atoms with Crippen LogP contribution >= 0.6 is 0 Å². The Morgan fingerprint density at radius 2 is 1.90 bits per heavy atom. The summed E-state index contributed by atoms with van der Waals surface area (Å²) in [5, 5.41) is 0. The second kappa shape index (κ2) is 4.97. The molecule has 0 saturated carbocycles. The summed E-state index contributed by atoms with van der Waals surface area (Å²) in [6.45, 7) is 8.25. The maximum atomic E-state index is 5.36. The summed E-state index contributed by atoms with van der Waals surface area (Å²) in [6.07, 6.45) is 3.56. The highest BCUT2D eigenvalue weighted by Gasteiger charge is 1.87. The highest BCUT2D eigenvalue weighted by atomic mass is 14.5. The molecule has 0 aliphatic heterocycles. The predicted molar refractivity (Wildman–Crippen MR) is 45.5 cm³/mol. The molecule has 0 spiro atoms. The van der Waals surface area contributed by atoms with E-state index in [9.17, 15) is 0 Å². The highest BCUT2D eigenvalue weighted by molar-refractivity contribution is 5.28. The lowest BCUT2D eigenvalue weighted by Gasteiger charge is -1.97. The van der Waals surface area contributed by atoms with E-state index >= 15 is 0 Å². The van der Waals surface area contributed by atoms with Crippen molar-refractivity contribution in [2.24, 2.45) is 11.5 Å². The Balaban J connectivity index is 4.09. The first kappa shape index (κ1) is 9.14. The van der Waals surface area contributed by atoms with Gasteiger partial charge < -0.3 is 11.5 Å². The normalized spacial score (nSPS) is 11.2. The molecule has 2 nitrogen and oxygen atoms in total. The lowest BCUT2D eigenvalue weighted by molar-refractivity contribution is 1.15. The molecule has 0 saturated heterocycles. The zero-order valence-corrected chi connectivity index (χ0v) is 6.14. The van der Waals surface area contributed by atoms with Crippen LogP contribution in [0.1, 0.15) is 0 Å². The quantitative estimate of drug-likeness (QED) is 0.558. The standard InChI is InChI=1S/C8H14N2/c1-3-8(6-10)4-7(2)5-9/h3-4H,1-2,5-6,9-10H2/b8-4+. The molecular weight excluding hydrogens is 124 g/mol. The first-order valence-corrected chi connectivity index (χ1v) is 3.15. The first-order chi connectivity index (χ1) is 4.74. The van der Waals surface area contributed by atoms with Crippen molar-refractivity contribution in [2.75, 3.05) is 13.1 Å². The molecule has 10 heavy (non-hydrogen) atoms. The van der Waals surface area contributed by atoms with E-state index in [1.54, 1.807) is 6.08 Å². The van der Waals surface area contributed by atoms with Crippen LogP contribution < -0.4 is 11.5 Å². The van der Waals surface area contributed by atoms with Crippen molar-refractivity contribution >= 4 is 0 Å². The van der Waals surface area contributed by atoms with Crippen LogP contribution in [-0.4, -0.2) is 13.1 Å². The van der Waals surface area contributed by atoms with Crippen LogP contribution in [0.15, 0.2) is 36.5 Å². The molecule has 0 amide bonds. The maximum absolute atomic E-state index is 5.36. The third kappa shape index (κ3) is 3.22. The molecular formula is C8H14N2. The largest absolute Gasteiger partial charge is 0.327 e. The van der Waals surface area contributed by atoms with Gasteiger partial charge in [0.1, 0.15) is 0 Å². The van der Waals surface area contributed by atoms with E-state index in [4.69, 9.17) is 11.5 Å². The third-order valence-corrected chi connectivity index (χ3v) is 1.15. The topological polar surface area (TPSA) is 52.0 Å². The molecule has 0 aliphatic rings. The molecule has 0 aromatic heterocycles. The maximum Gasteiger partial charge on any atom is 0.0177 e. The average Bonchev–Trinajstić information content (AvgIpc) is 1.99. The van der Waals surface area contributed by atoms with Gasteiger partial charge in [0.05, 0.1) is 0 Å². The first-order valence-electron chi connectivity index (χ1n) is 3.15. The Bertz CT molecular complexity index is 157. The summed E-state index contributed by atoms with van der Waals surface area (Å²) in [7, 11) is 0. The molecule has 2 heteroatoms. The smallest absolute Gasteiger partial charge is 0.0177 e. The van der Waals surface area contributed by atoms with Crippen LogP contribution in [-0.2, 0) is 0 Å². The summed E-state index contributed by atoms with van der Waals surface area (Å²) in [5.41, 5.74) is 12.5. The van der Waals surface area contributed by atoms with Crippen LogP contribution in [0.4, 0.5) is 0 Å². The van der Waals surface area contributed by atoms with E-state index < -0.39 is 0 Å². The van der Waals surface area contributed by atoms with Crippen molar-refractivity contribution in [3.05, 3.63) is 36.5 Å². The van der Waals surface area contributed by atoms with Crippen LogP contribution in [0.2, 0.25) is 0 Å². The zero-order chi connectivity index (χ0) is 7.98. The number of nitrogens with two attached hydrogens (primary N) is 2. The summed E-state index contributed by atoms with van der Waals surface area (Å²) >= 11 is 0. The number of hydrogen-bond donors (Lipinski definition) is 2. The lowest BCUT2D eigenvalue weighted by atomic mass is 10.2. The molecule has 0 unspecified atom stereocenters. The number of hydrogen-bond acceptors (Lipinski definition) is 2. The van der Waals surface area contributed by atoms with E-state index in [1.165, 1.54) is 0 Å². The molecule has 56 valence electrons. The molecule has 0 radical (unpaired) electrons. The fraction of sp³-hybridized carbons (Fsp3) is 0.250. The number of rotatable bonds is 4. The summed E-state index contributed by atoms with van der Waals surface area (Å²) in [6, 6.07) is 0. The molecule has 0 atom stereocenters. The molecule has 0 heterocycles. The van der Waals surface area contributed by atoms with Gasteiger partial charge in [-0.25, -0.2) is 0 Å². The van der Waals surface area contributed by atoms with Gasteiger partial charge in [-0.15, -0.1) is 0 Å². The zero-order valence-electron chi connectivity index (χ0n) is 6.14. The van der Waals surface area contributed by atoms with Gasteiger partial charge in [-0.3, -0.25) is 0 Å². The third-order valence-electron chi connectivity index (χ3n) is 1.15. The Labute approximate surface area is 61.9 Å². The van der Waals surface area contributed by atoms with Gasteiger partial charge in [0.2, 0.25) is 0 Å². The van der Waals surface area contributed by atoms with Crippen molar-refractivity contribution in [3.63, 3.8) is 0 Å². The van der Waals surface area contributed by atoms with Gasteiger partial charge in [0, 0.05) is 13.1 Å². The molecule has 0 rings (SSSR count). The minimum absolute atomic E-state index is 0.470. The average molecular weight is 138 g/mol. The van der Waals surface area contributed by atoms with Gasteiger partial charge in [-0.1, -0.05) is 25.3 Å². The molecule has 0 aliphatic carbocycles. The van der Waals surface area contributed by atoms with Crippen molar-refractivity contribution < 1.29 is 0 Å². The highest BCUT2D eigenvalue weighted by Crippen LogP contribution is 1.97. The Morgan fingerprint density at radius 3 is 2.20 bits per heavy atom. The minimum atomic E-state index is 0.470. The second-order valence-electron chi connectivity index (χ2n) is 1.99. The summed E-state index contributed by atoms with van der Waals surface area (Å²) in [4.78, 5) is 0. The van der Waals surface area contributed by atoms with Crippen molar-refractivity contribution in [1.29, 1.82) is 0 Å². The summed E-state index contributed by atoms with van der Waals surface area (Å²) in [5.74, 6) is 0. The van der Waals surface area contributed by atoms with Gasteiger partial charge in [0.25, 0.3) is 0 Å². The van der Waals surface area contributed by atoms with Crippen molar-refractivity contribution in [3.8, 4) is 0 Å². The van der Waals surface area contributed by atoms with Gasteiger partial charge >= 0.3 is 0 Å². The van der Waals surface area contributed by atoms with Crippen LogP contribution in [0.25, 0.3) is 0 Å². The summed E-state index contributed by atoms with van der Waals surface area (Å²) < 4.78 is 0. The molecule has 0 fully saturated rings. The van der Waals surface area contributed by atoms with Crippen LogP contribution in [0.3, 0.4) is 0 Å². The molecule has 0 aromatic rings. The van der Waals surface area contributed by atoms with E-state index in [0.29, 0.717) is 13.1 Å². The van der Waals surface area contributed by atoms with E-state index in [2.05, 4.69) is 13.2 Å². The SMILES string of the molecule is C=C/C(=C\C(=C)CN)CN. The lowest BCUT2D eigenvalue weighted by Crippen LogP contribution is -2.04. The monoisotopic (exact) mass is 138 g/mol. The van der Waals surface area contributed by atoms with Gasteiger partial charge in [-0.2, -0.15) is 0 Å². The van der Waals surface area contributed by atoms with Crippen LogP contribution in [0.5, 0.6) is 0 Å². The molecule has 0 bridgehead atoms. The van der Waals surface area contributed by atoms with E-state index in [1.807, 2.05) is 6.08 Å². The van der Waals surface area contributed by atoms with Crippen LogP contribution in [0, 0.1) is 0 Å². The Morgan fingerprint density at radius 1 is 1.30 bits per heavy atom. The van der Waals surface area contributed by atoms with Gasteiger partial charge in [0.15, 0.2) is 0 Å². The predicted octanol–water partition coefficient (Wildman–Crippen LogP) is 0.572. The fourth-order valence-electron chi connectivity index (χ4n) is 0.522. The minimum Gasteiger partial charge on any atom is -0.327 e. The second-order valence-corrected chi connectivity index (χ2v) is 1.99.